The lowest BCUT2D eigenvalue weighted by Crippen LogP contribution is -1.91. The molecular weight excluding hydrogens is 520 g/mol. The molecule has 1 nitrogen and oxygen atoms in total. The Balaban J connectivity index is 1.35. The van der Waals surface area contributed by atoms with Crippen LogP contribution >= 0.6 is 0 Å². The molecule has 0 aliphatic rings. The number of hydrogen-bond donors (Lipinski definition) is 0. The standard InChI is InChI=1S/C42H26O/c1-2-12-27(13-3-1)29-15-10-16-30(26-29)39-32-18-6-8-20-34(32)40(35-21-9-7-19-33(35)39)38-23-11-22-36-37-25-24-28-14-4-5-17-31(28)41(37)43-42(36)38/h1-26H/i1D,2D,3D,12D,13D. The SMILES string of the molecule is [2H]c1c([2H])c([2H])c(-c2cccc(-c3c4ccccc4c(-c4cccc5c4oc4c6ccccc6ccc54)c4ccccc34)c2)c([2H])c1[2H]. The van der Waals surface area contributed by atoms with E-state index in [9.17, 15) is 0 Å². The van der Waals surface area contributed by atoms with Gasteiger partial charge in [0.05, 0.1) is 6.85 Å². The van der Waals surface area contributed by atoms with Crippen LogP contribution in [0.2, 0.25) is 0 Å². The smallest absolute Gasteiger partial charge is 0.143 e. The largest absolute Gasteiger partial charge is 0.455 e. The molecule has 9 aromatic rings. The van der Waals surface area contributed by atoms with Crippen molar-refractivity contribution in [3.8, 4) is 33.4 Å². The summed E-state index contributed by atoms with van der Waals surface area (Å²) in [4.78, 5) is 0. The third-order valence-electron chi connectivity index (χ3n) is 8.53. The Morgan fingerprint density at radius 3 is 1.72 bits per heavy atom. The van der Waals surface area contributed by atoms with Gasteiger partial charge < -0.3 is 4.42 Å². The van der Waals surface area contributed by atoms with Gasteiger partial charge in [-0.25, -0.2) is 0 Å². The predicted molar refractivity (Wildman–Crippen MR) is 183 cm³/mol. The van der Waals surface area contributed by atoms with Crippen LogP contribution < -0.4 is 0 Å². The molecule has 9 rings (SSSR count). The lowest BCUT2D eigenvalue weighted by Gasteiger charge is -2.18. The van der Waals surface area contributed by atoms with Crippen LogP contribution in [-0.2, 0) is 0 Å². The van der Waals surface area contributed by atoms with E-state index >= 15 is 0 Å². The van der Waals surface area contributed by atoms with Crippen molar-refractivity contribution >= 4 is 54.3 Å². The molecule has 0 radical (unpaired) electrons. The first kappa shape index (κ1) is 19.5. The van der Waals surface area contributed by atoms with Crippen LogP contribution in [0.1, 0.15) is 6.85 Å². The van der Waals surface area contributed by atoms with Gasteiger partial charge in [-0.15, -0.1) is 0 Å². The highest BCUT2D eigenvalue weighted by Gasteiger charge is 2.20. The topological polar surface area (TPSA) is 13.1 Å². The molecule has 0 N–H and O–H groups in total. The number of para-hydroxylation sites is 1. The van der Waals surface area contributed by atoms with Gasteiger partial charge >= 0.3 is 0 Å². The van der Waals surface area contributed by atoms with Gasteiger partial charge in [0.2, 0.25) is 0 Å². The van der Waals surface area contributed by atoms with E-state index in [4.69, 9.17) is 11.3 Å². The van der Waals surface area contributed by atoms with Gasteiger partial charge in [-0.2, -0.15) is 0 Å². The molecule has 0 bridgehead atoms. The first-order chi connectivity index (χ1) is 23.4. The number of hydrogen-bond acceptors (Lipinski definition) is 1. The quantitative estimate of drug-likeness (QED) is 0.199. The van der Waals surface area contributed by atoms with Crippen molar-refractivity contribution in [2.45, 2.75) is 0 Å². The molecule has 1 heterocycles. The summed E-state index contributed by atoms with van der Waals surface area (Å²) >= 11 is 0. The Labute approximate surface area is 256 Å². The van der Waals surface area contributed by atoms with E-state index < -0.39 is 6.04 Å². The molecule has 43 heavy (non-hydrogen) atoms. The van der Waals surface area contributed by atoms with Crippen LogP contribution in [0.4, 0.5) is 0 Å². The molecule has 0 atom stereocenters. The molecule has 0 saturated heterocycles. The van der Waals surface area contributed by atoms with Crippen LogP contribution in [0.5, 0.6) is 0 Å². The van der Waals surface area contributed by atoms with Crippen molar-refractivity contribution in [3.05, 3.63) is 158 Å². The van der Waals surface area contributed by atoms with Crippen molar-refractivity contribution in [2.24, 2.45) is 0 Å². The fourth-order valence-electron chi connectivity index (χ4n) is 6.68. The maximum Gasteiger partial charge on any atom is 0.143 e. The van der Waals surface area contributed by atoms with Crippen LogP contribution in [0.3, 0.4) is 0 Å². The Morgan fingerprint density at radius 1 is 0.395 bits per heavy atom. The summed E-state index contributed by atoms with van der Waals surface area (Å²) in [5, 5.41) is 8.59. The summed E-state index contributed by atoms with van der Waals surface area (Å²) in [7, 11) is 0. The Bertz CT molecular complexity index is 2710. The summed E-state index contributed by atoms with van der Waals surface area (Å²) < 4.78 is 48.5. The zero-order chi connectivity index (χ0) is 32.7. The van der Waals surface area contributed by atoms with Crippen molar-refractivity contribution < 1.29 is 11.3 Å². The van der Waals surface area contributed by atoms with Gasteiger partial charge in [0, 0.05) is 27.3 Å². The van der Waals surface area contributed by atoms with E-state index in [2.05, 4.69) is 78.9 Å². The van der Waals surface area contributed by atoms with Gasteiger partial charge in [-0.3, -0.25) is 0 Å². The second-order valence-electron chi connectivity index (χ2n) is 10.9. The summed E-state index contributed by atoms with van der Waals surface area (Å²) in [6, 6.07) is 41.9. The average Bonchev–Trinajstić information content (AvgIpc) is 3.52. The molecule has 0 unspecified atom stereocenters. The summed E-state index contributed by atoms with van der Waals surface area (Å²) in [5.41, 5.74) is 6.49. The summed E-state index contributed by atoms with van der Waals surface area (Å²) in [6.45, 7) is 0. The second-order valence-corrected chi connectivity index (χ2v) is 10.9. The number of furan rings is 1. The first-order valence-corrected chi connectivity index (χ1v) is 14.4. The molecule has 8 aromatic carbocycles. The van der Waals surface area contributed by atoms with E-state index in [0.717, 1.165) is 76.5 Å². The van der Waals surface area contributed by atoms with Gasteiger partial charge in [0.1, 0.15) is 11.2 Å². The van der Waals surface area contributed by atoms with Crippen molar-refractivity contribution in [2.75, 3.05) is 0 Å². The van der Waals surface area contributed by atoms with Crippen LogP contribution in [-0.4, -0.2) is 0 Å². The zero-order valence-electron chi connectivity index (χ0n) is 28.0. The highest BCUT2D eigenvalue weighted by Crippen LogP contribution is 2.47. The molecule has 1 aromatic heterocycles. The molecule has 0 amide bonds. The number of rotatable bonds is 3. The van der Waals surface area contributed by atoms with Gasteiger partial charge in [0.15, 0.2) is 0 Å². The lowest BCUT2D eigenvalue weighted by molar-refractivity contribution is 0.674. The molecule has 1 heteroatoms. The molecule has 0 fully saturated rings. The average molecular weight is 552 g/mol. The van der Waals surface area contributed by atoms with Crippen LogP contribution in [0.15, 0.2) is 162 Å². The van der Waals surface area contributed by atoms with E-state index in [1.165, 1.54) is 0 Å². The Hall–Kier alpha value is -5.66. The van der Waals surface area contributed by atoms with Crippen LogP contribution in [0.25, 0.3) is 87.6 Å². The first-order valence-electron chi connectivity index (χ1n) is 16.9. The summed E-state index contributed by atoms with van der Waals surface area (Å²) in [5.74, 6) is 0. The summed E-state index contributed by atoms with van der Waals surface area (Å²) in [6.07, 6.45) is 0. The van der Waals surface area contributed by atoms with E-state index in [1.54, 1.807) is 0 Å². The minimum absolute atomic E-state index is 0.192. The minimum Gasteiger partial charge on any atom is -0.455 e. The third-order valence-corrected chi connectivity index (χ3v) is 8.53. The van der Waals surface area contributed by atoms with E-state index in [-0.39, 0.29) is 29.7 Å². The molecule has 0 spiro atoms. The van der Waals surface area contributed by atoms with Gasteiger partial charge in [-0.1, -0.05) is 145 Å². The molecule has 0 saturated carbocycles. The zero-order valence-corrected chi connectivity index (χ0v) is 23.0. The molecular formula is C42H26O. The van der Waals surface area contributed by atoms with E-state index in [0.29, 0.717) is 5.56 Å². The second kappa shape index (κ2) is 9.44. The third kappa shape index (κ3) is 3.65. The molecule has 200 valence electrons. The fraction of sp³-hybridized carbons (Fsp3) is 0. The van der Waals surface area contributed by atoms with Crippen molar-refractivity contribution in [1.82, 2.24) is 0 Å². The Morgan fingerprint density at radius 2 is 0.977 bits per heavy atom. The highest BCUT2D eigenvalue weighted by atomic mass is 16.3. The fourth-order valence-corrected chi connectivity index (χ4v) is 6.68. The highest BCUT2D eigenvalue weighted by molar-refractivity contribution is 6.25. The minimum atomic E-state index is -0.398. The Kier molecular flexibility index (Phi) is 4.27. The van der Waals surface area contributed by atoms with Gasteiger partial charge in [0.25, 0.3) is 0 Å². The van der Waals surface area contributed by atoms with E-state index in [1.807, 2.05) is 48.5 Å². The predicted octanol–water partition coefficient (Wildman–Crippen LogP) is 12.0. The molecule has 0 aliphatic heterocycles. The lowest BCUT2D eigenvalue weighted by atomic mass is 9.85. The maximum atomic E-state index is 8.60. The van der Waals surface area contributed by atoms with Crippen molar-refractivity contribution in [1.29, 1.82) is 0 Å². The van der Waals surface area contributed by atoms with Crippen LogP contribution in [0, 0.1) is 0 Å². The number of fused-ring (bicyclic) bond motifs is 7. The van der Waals surface area contributed by atoms with Gasteiger partial charge in [-0.05, 0) is 61.3 Å². The van der Waals surface area contributed by atoms with Crippen molar-refractivity contribution in [3.63, 3.8) is 0 Å². The normalized spacial score (nSPS) is 13.3. The number of benzene rings is 8. The monoisotopic (exact) mass is 551 g/mol. The maximum absolute atomic E-state index is 8.60. The molecule has 0 aliphatic carbocycles.